The molecular formula is C17H26O4S2. The second-order valence-corrected chi connectivity index (χ2v) is 10.9. The second-order valence-electron chi connectivity index (χ2n) is 6.37. The molecule has 0 N–H and O–H groups in total. The SMILES string of the molecule is CCCCS(=O)(=O)[C@H]1CCCC[C@H]1S(=O)(=O)Cc1ccccc1. The van der Waals surface area contributed by atoms with Gasteiger partial charge < -0.3 is 0 Å². The average Bonchev–Trinajstić information content (AvgIpc) is 2.53. The van der Waals surface area contributed by atoms with Crippen molar-refractivity contribution in [2.45, 2.75) is 61.7 Å². The lowest BCUT2D eigenvalue weighted by Crippen LogP contribution is -2.43. The van der Waals surface area contributed by atoms with Crippen LogP contribution in [0.15, 0.2) is 30.3 Å². The lowest BCUT2D eigenvalue weighted by molar-refractivity contribution is 0.468. The quantitative estimate of drug-likeness (QED) is 0.751. The smallest absolute Gasteiger partial charge is 0.158 e. The molecule has 4 nitrogen and oxygen atoms in total. The summed E-state index contributed by atoms with van der Waals surface area (Å²) in [6.07, 6.45) is 3.93. The van der Waals surface area contributed by atoms with Crippen molar-refractivity contribution in [2.24, 2.45) is 0 Å². The van der Waals surface area contributed by atoms with Gasteiger partial charge in [0, 0.05) is 0 Å². The molecule has 0 saturated heterocycles. The van der Waals surface area contributed by atoms with Gasteiger partial charge in [-0.3, -0.25) is 0 Å². The minimum atomic E-state index is -3.47. The van der Waals surface area contributed by atoms with E-state index in [4.69, 9.17) is 0 Å². The molecule has 2 atom stereocenters. The monoisotopic (exact) mass is 358 g/mol. The average molecular weight is 359 g/mol. The number of sulfone groups is 2. The van der Waals surface area contributed by atoms with Crippen molar-refractivity contribution in [3.8, 4) is 0 Å². The first kappa shape index (κ1) is 18.5. The predicted octanol–water partition coefficient (Wildman–Crippen LogP) is 3.13. The fourth-order valence-corrected chi connectivity index (χ4v) is 8.42. The lowest BCUT2D eigenvalue weighted by atomic mass is 10.00. The molecule has 0 aromatic heterocycles. The zero-order valence-corrected chi connectivity index (χ0v) is 15.3. The highest BCUT2D eigenvalue weighted by Crippen LogP contribution is 2.32. The Balaban J connectivity index is 2.23. The van der Waals surface area contributed by atoms with Crippen LogP contribution in [0.1, 0.15) is 51.0 Å². The van der Waals surface area contributed by atoms with E-state index < -0.39 is 30.2 Å². The minimum absolute atomic E-state index is 0.0711. The fraction of sp³-hybridized carbons (Fsp3) is 0.647. The van der Waals surface area contributed by atoms with Crippen LogP contribution in [0.4, 0.5) is 0 Å². The van der Waals surface area contributed by atoms with Crippen molar-refractivity contribution in [3.63, 3.8) is 0 Å². The molecule has 0 radical (unpaired) electrons. The molecule has 1 aromatic rings. The summed E-state index contributed by atoms with van der Waals surface area (Å²) in [5.74, 6) is 0.0316. The van der Waals surface area contributed by atoms with E-state index >= 15 is 0 Å². The predicted molar refractivity (Wildman–Crippen MR) is 93.8 cm³/mol. The standard InChI is InChI=1S/C17H26O4S2/c1-2-3-13-22(18,19)16-11-7-8-12-17(16)23(20,21)14-15-9-5-4-6-10-15/h4-6,9-10,16-17H,2-3,7-8,11-14H2,1H3/t16-,17+/m0/s1. The van der Waals surface area contributed by atoms with E-state index in [9.17, 15) is 16.8 Å². The Bertz CT molecular complexity index is 693. The maximum atomic E-state index is 12.8. The third-order valence-electron chi connectivity index (χ3n) is 4.56. The molecule has 2 rings (SSSR count). The molecule has 1 saturated carbocycles. The van der Waals surface area contributed by atoms with Gasteiger partial charge in [-0.05, 0) is 24.8 Å². The molecular weight excluding hydrogens is 332 g/mol. The maximum absolute atomic E-state index is 12.8. The van der Waals surface area contributed by atoms with Crippen molar-refractivity contribution in [1.82, 2.24) is 0 Å². The largest absolute Gasteiger partial charge is 0.229 e. The van der Waals surface area contributed by atoms with Crippen LogP contribution >= 0.6 is 0 Å². The highest BCUT2D eigenvalue weighted by molar-refractivity contribution is 7.95. The van der Waals surface area contributed by atoms with Gasteiger partial charge in [0.05, 0.1) is 22.0 Å². The minimum Gasteiger partial charge on any atom is -0.229 e. The third kappa shape index (κ3) is 4.80. The summed E-state index contributed by atoms with van der Waals surface area (Å²) < 4.78 is 50.8. The number of hydrogen-bond donors (Lipinski definition) is 0. The summed E-state index contributed by atoms with van der Waals surface area (Å²) in [5, 5.41) is -1.48. The molecule has 1 aliphatic rings. The van der Waals surface area contributed by atoms with Gasteiger partial charge >= 0.3 is 0 Å². The highest BCUT2D eigenvalue weighted by Gasteiger charge is 2.42. The van der Waals surface area contributed by atoms with Gasteiger partial charge in [-0.2, -0.15) is 0 Å². The molecule has 0 amide bonds. The molecule has 130 valence electrons. The zero-order chi connectivity index (χ0) is 16.9. The Morgan fingerprint density at radius 2 is 1.48 bits per heavy atom. The van der Waals surface area contributed by atoms with E-state index in [2.05, 4.69) is 0 Å². The summed E-state index contributed by atoms with van der Waals surface area (Å²) >= 11 is 0. The molecule has 6 heteroatoms. The topological polar surface area (TPSA) is 68.3 Å². The van der Waals surface area contributed by atoms with Crippen LogP contribution in [0.3, 0.4) is 0 Å². The molecule has 0 aliphatic heterocycles. The number of unbranched alkanes of at least 4 members (excludes halogenated alkanes) is 1. The molecule has 0 heterocycles. The van der Waals surface area contributed by atoms with E-state index in [1.165, 1.54) is 0 Å². The molecule has 0 spiro atoms. The van der Waals surface area contributed by atoms with E-state index in [0.29, 0.717) is 19.3 Å². The number of benzene rings is 1. The van der Waals surface area contributed by atoms with Gasteiger partial charge in [0.1, 0.15) is 0 Å². The molecule has 1 aromatic carbocycles. The van der Waals surface area contributed by atoms with Crippen LogP contribution in [0.2, 0.25) is 0 Å². The second kappa shape index (κ2) is 7.79. The molecule has 1 fully saturated rings. The summed E-state index contributed by atoms with van der Waals surface area (Å²) in [4.78, 5) is 0. The van der Waals surface area contributed by atoms with E-state index in [-0.39, 0.29) is 11.5 Å². The van der Waals surface area contributed by atoms with Gasteiger partial charge in [0.25, 0.3) is 0 Å². The Morgan fingerprint density at radius 3 is 2.04 bits per heavy atom. The van der Waals surface area contributed by atoms with Crippen molar-refractivity contribution in [1.29, 1.82) is 0 Å². The first-order valence-corrected chi connectivity index (χ1v) is 11.8. The maximum Gasteiger partial charge on any atom is 0.158 e. The van der Waals surface area contributed by atoms with Crippen molar-refractivity contribution in [3.05, 3.63) is 35.9 Å². The Hall–Kier alpha value is -0.880. The molecule has 1 aliphatic carbocycles. The van der Waals surface area contributed by atoms with Crippen molar-refractivity contribution >= 4 is 19.7 Å². The van der Waals surface area contributed by atoms with Gasteiger partial charge in [0.2, 0.25) is 0 Å². The van der Waals surface area contributed by atoms with E-state index in [1.54, 1.807) is 24.3 Å². The number of hydrogen-bond acceptors (Lipinski definition) is 4. The Kier molecular flexibility index (Phi) is 6.26. The normalized spacial score (nSPS) is 22.8. The van der Waals surface area contributed by atoms with E-state index in [0.717, 1.165) is 24.8 Å². The van der Waals surface area contributed by atoms with Gasteiger partial charge in [-0.15, -0.1) is 0 Å². The van der Waals surface area contributed by atoms with Gasteiger partial charge in [-0.1, -0.05) is 56.5 Å². The first-order chi connectivity index (χ1) is 10.9. The summed E-state index contributed by atoms with van der Waals surface area (Å²) in [6.45, 7) is 1.94. The lowest BCUT2D eigenvalue weighted by Gasteiger charge is -2.31. The van der Waals surface area contributed by atoms with Crippen LogP contribution < -0.4 is 0 Å². The third-order valence-corrected chi connectivity index (χ3v) is 9.30. The van der Waals surface area contributed by atoms with Crippen LogP contribution in [-0.2, 0) is 25.4 Å². The molecule has 0 bridgehead atoms. The van der Waals surface area contributed by atoms with Crippen molar-refractivity contribution in [2.75, 3.05) is 5.75 Å². The summed E-state index contributed by atoms with van der Waals surface area (Å²) in [6, 6.07) is 9.01. The van der Waals surface area contributed by atoms with E-state index in [1.807, 2.05) is 13.0 Å². The van der Waals surface area contributed by atoms with Crippen LogP contribution in [0.25, 0.3) is 0 Å². The Morgan fingerprint density at radius 1 is 0.913 bits per heavy atom. The van der Waals surface area contributed by atoms with Crippen LogP contribution in [0, 0.1) is 0 Å². The van der Waals surface area contributed by atoms with Gasteiger partial charge in [0.15, 0.2) is 19.7 Å². The highest BCUT2D eigenvalue weighted by atomic mass is 32.2. The molecule has 0 unspecified atom stereocenters. The zero-order valence-electron chi connectivity index (χ0n) is 13.6. The molecule has 23 heavy (non-hydrogen) atoms. The van der Waals surface area contributed by atoms with Crippen LogP contribution in [-0.4, -0.2) is 33.1 Å². The first-order valence-electron chi connectivity index (χ1n) is 8.34. The summed E-state index contributed by atoms with van der Waals surface area (Å²) in [5.41, 5.74) is 0.725. The number of rotatable bonds is 7. The van der Waals surface area contributed by atoms with Gasteiger partial charge in [-0.25, -0.2) is 16.8 Å². The summed E-state index contributed by atoms with van der Waals surface area (Å²) in [7, 11) is -6.82. The Labute approximate surface area is 140 Å². The van der Waals surface area contributed by atoms with Crippen molar-refractivity contribution < 1.29 is 16.8 Å². The van der Waals surface area contributed by atoms with Crippen LogP contribution in [0.5, 0.6) is 0 Å². The fourth-order valence-electron chi connectivity index (χ4n) is 3.29.